The summed E-state index contributed by atoms with van der Waals surface area (Å²) in [7, 11) is 0. The smallest absolute Gasteiger partial charge is 0.303 e. The van der Waals surface area contributed by atoms with Crippen molar-refractivity contribution in [2.45, 2.75) is 19.8 Å². The van der Waals surface area contributed by atoms with Crippen LogP contribution >= 0.6 is 12.4 Å². The molecule has 0 unspecified atom stereocenters. The molecule has 0 aliphatic heterocycles. The van der Waals surface area contributed by atoms with Gasteiger partial charge in [-0.25, -0.2) is 0 Å². The Labute approximate surface area is 82.1 Å². The lowest BCUT2D eigenvalue weighted by molar-refractivity contribution is -0.136. The topological polar surface area (TPSA) is 114 Å². The Balaban J connectivity index is 0. The van der Waals surface area contributed by atoms with E-state index in [4.69, 9.17) is 16.6 Å². The molecule has 0 fully saturated rings. The maximum atomic E-state index is 10.1. The van der Waals surface area contributed by atoms with Crippen molar-refractivity contribution < 1.29 is 9.90 Å². The molecule has 0 aromatic carbocycles. The van der Waals surface area contributed by atoms with Crippen LogP contribution in [0.5, 0.6) is 0 Å². The van der Waals surface area contributed by atoms with Crippen LogP contribution in [0, 0.1) is 0 Å². The quantitative estimate of drug-likeness (QED) is 0.341. The number of hydrogen-bond donors (Lipinski definition) is 3. The molecule has 76 valence electrons. The molecule has 0 aliphatic carbocycles. The van der Waals surface area contributed by atoms with Gasteiger partial charge in [0, 0.05) is 5.71 Å². The van der Waals surface area contributed by atoms with E-state index in [1.165, 1.54) is 0 Å². The fourth-order valence-corrected chi connectivity index (χ4v) is 0.481. The molecule has 7 heteroatoms. The predicted octanol–water partition coefficient (Wildman–Crippen LogP) is -0.0777. The van der Waals surface area contributed by atoms with E-state index in [9.17, 15) is 4.79 Å². The number of nitrogens with zero attached hydrogens (tertiary/aromatic N) is 2. The third kappa shape index (κ3) is 10.7. The lowest BCUT2D eigenvalue weighted by Crippen LogP contribution is -2.22. The van der Waals surface area contributed by atoms with E-state index in [0.717, 1.165) is 0 Å². The van der Waals surface area contributed by atoms with Crippen molar-refractivity contribution in [2.75, 3.05) is 0 Å². The summed E-state index contributed by atoms with van der Waals surface area (Å²) in [6.07, 6.45) is 0.390. The molecule has 0 saturated carbocycles. The summed E-state index contributed by atoms with van der Waals surface area (Å²) < 4.78 is 0. The van der Waals surface area contributed by atoms with Crippen LogP contribution in [0.1, 0.15) is 19.8 Å². The van der Waals surface area contributed by atoms with Gasteiger partial charge in [0.15, 0.2) is 0 Å². The molecule has 13 heavy (non-hydrogen) atoms. The van der Waals surface area contributed by atoms with Crippen molar-refractivity contribution in [1.29, 1.82) is 0 Å². The van der Waals surface area contributed by atoms with Gasteiger partial charge in [-0.3, -0.25) is 4.79 Å². The van der Waals surface area contributed by atoms with Crippen LogP contribution in [0.3, 0.4) is 0 Å². The van der Waals surface area contributed by atoms with Crippen LogP contribution in [0.15, 0.2) is 10.2 Å². The van der Waals surface area contributed by atoms with Crippen LogP contribution < -0.4 is 11.5 Å². The monoisotopic (exact) mass is 208 g/mol. The first kappa shape index (κ1) is 14.2. The highest BCUT2D eigenvalue weighted by Crippen LogP contribution is 1.92. The zero-order valence-corrected chi connectivity index (χ0v) is 8.04. The van der Waals surface area contributed by atoms with Crippen molar-refractivity contribution in [3.05, 3.63) is 0 Å². The number of guanidine groups is 1. The molecule has 0 atom stereocenters. The SMILES string of the molecule is C/C(CCC(=O)O)=N\N=C(N)N.Cl. The van der Waals surface area contributed by atoms with Gasteiger partial charge in [0.2, 0.25) is 5.96 Å². The predicted molar refractivity (Wildman–Crippen MR) is 53.0 cm³/mol. The van der Waals surface area contributed by atoms with Crippen LogP contribution in [-0.2, 0) is 4.79 Å². The summed E-state index contributed by atoms with van der Waals surface area (Å²) >= 11 is 0. The third-order valence-corrected chi connectivity index (χ3v) is 1.04. The number of rotatable bonds is 4. The Morgan fingerprint density at radius 2 is 1.85 bits per heavy atom. The minimum absolute atomic E-state index is 0. The van der Waals surface area contributed by atoms with E-state index in [1.54, 1.807) is 6.92 Å². The molecule has 0 saturated heterocycles. The maximum absolute atomic E-state index is 10.1. The molecule has 5 N–H and O–H groups in total. The Kier molecular flexibility index (Phi) is 8.05. The summed E-state index contributed by atoms with van der Waals surface area (Å²) in [6.45, 7) is 1.66. The molecule has 0 heterocycles. The zero-order chi connectivity index (χ0) is 9.56. The summed E-state index contributed by atoms with van der Waals surface area (Å²) in [4.78, 5) is 10.1. The average molecular weight is 209 g/mol. The lowest BCUT2D eigenvalue weighted by Gasteiger charge is -1.93. The number of halogens is 1. The number of carbonyl (C=O) groups is 1. The van der Waals surface area contributed by atoms with Gasteiger partial charge in [0.05, 0.1) is 6.42 Å². The van der Waals surface area contributed by atoms with E-state index in [0.29, 0.717) is 12.1 Å². The van der Waals surface area contributed by atoms with Crippen LogP contribution in [0.4, 0.5) is 0 Å². The summed E-state index contributed by atoms with van der Waals surface area (Å²) in [5.74, 6) is -1.00. The second kappa shape index (κ2) is 7.35. The highest BCUT2D eigenvalue weighted by atomic mass is 35.5. The molecule has 0 aliphatic rings. The molecule has 0 bridgehead atoms. The first-order valence-electron chi connectivity index (χ1n) is 3.36. The fraction of sp³-hybridized carbons (Fsp3) is 0.500. The molecule has 0 aromatic heterocycles. The number of carboxylic acids is 1. The lowest BCUT2D eigenvalue weighted by atomic mass is 10.2. The highest BCUT2D eigenvalue weighted by Gasteiger charge is 1.97. The van der Waals surface area contributed by atoms with Crippen LogP contribution in [0.2, 0.25) is 0 Å². The third-order valence-electron chi connectivity index (χ3n) is 1.04. The number of nitrogens with two attached hydrogens (primary N) is 2. The van der Waals surface area contributed by atoms with Crippen molar-refractivity contribution >= 4 is 30.0 Å². The van der Waals surface area contributed by atoms with Gasteiger partial charge in [-0.15, -0.1) is 17.5 Å². The second-order valence-corrected chi connectivity index (χ2v) is 2.25. The highest BCUT2D eigenvalue weighted by molar-refractivity contribution is 5.86. The molecular weight excluding hydrogens is 196 g/mol. The van der Waals surface area contributed by atoms with Gasteiger partial charge in [0.25, 0.3) is 0 Å². The normalized spacial score (nSPS) is 10.1. The van der Waals surface area contributed by atoms with E-state index in [1.807, 2.05) is 0 Å². The number of carboxylic acid groups (broad SMARTS) is 1. The van der Waals surface area contributed by atoms with Gasteiger partial charge < -0.3 is 16.6 Å². The van der Waals surface area contributed by atoms with Gasteiger partial charge in [-0.2, -0.15) is 5.10 Å². The summed E-state index contributed by atoms with van der Waals surface area (Å²) in [6, 6.07) is 0. The van der Waals surface area contributed by atoms with E-state index in [2.05, 4.69) is 10.2 Å². The zero-order valence-electron chi connectivity index (χ0n) is 7.23. The van der Waals surface area contributed by atoms with Gasteiger partial charge in [-0.05, 0) is 13.3 Å². The second-order valence-electron chi connectivity index (χ2n) is 2.25. The van der Waals surface area contributed by atoms with Crippen LogP contribution in [-0.4, -0.2) is 22.7 Å². The Morgan fingerprint density at radius 3 is 2.23 bits per heavy atom. The Hall–Kier alpha value is -1.30. The summed E-state index contributed by atoms with van der Waals surface area (Å²) in [5, 5.41) is 15.3. The average Bonchev–Trinajstić information content (AvgIpc) is 1.96. The number of aliphatic carboxylic acids is 1. The van der Waals surface area contributed by atoms with Crippen molar-refractivity contribution in [3.8, 4) is 0 Å². The van der Waals surface area contributed by atoms with Gasteiger partial charge in [-0.1, -0.05) is 0 Å². The molecule has 0 amide bonds. The first-order valence-corrected chi connectivity index (χ1v) is 3.36. The van der Waals surface area contributed by atoms with Crippen molar-refractivity contribution in [2.24, 2.45) is 21.7 Å². The van der Waals surface area contributed by atoms with E-state index >= 15 is 0 Å². The van der Waals surface area contributed by atoms with Crippen molar-refractivity contribution in [3.63, 3.8) is 0 Å². The molecule has 0 radical (unpaired) electrons. The minimum Gasteiger partial charge on any atom is -0.481 e. The van der Waals surface area contributed by atoms with E-state index < -0.39 is 5.97 Å². The van der Waals surface area contributed by atoms with Crippen molar-refractivity contribution in [1.82, 2.24) is 0 Å². The minimum atomic E-state index is -0.866. The number of hydrogen-bond acceptors (Lipinski definition) is 3. The first-order chi connectivity index (χ1) is 5.52. The Morgan fingerprint density at radius 1 is 1.31 bits per heavy atom. The summed E-state index contributed by atoms with van der Waals surface area (Å²) in [5.41, 5.74) is 10.6. The molecule has 0 rings (SSSR count). The molecule has 6 nitrogen and oxygen atoms in total. The molecule has 0 aromatic rings. The Bertz CT molecular complexity index is 223. The standard InChI is InChI=1S/C6H12N4O2.ClH/c1-4(2-3-5(11)12)9-10-6(7)8;/h2-3H2,1H3,(H,11,12)(H4,7,8,10);1H/b9-4+;. The van der Waals surface area contributed by atoms with Gasteiger partial charge >= 0.3 is 5.97 Å². The van der Waals surface area contributed by atoms with E-state index in [-0.39, 0.29) is 24.8 Å². The largest absolute Gasteiger partial charge is 0.481 e. The molecular formula is C6H13ClN4O2. The maximum Gasteiger partial charge on any atom is 0.303 e. The molecule has 0 spiro atoms. The van der Waals surface area contributed by atoms with Gasteiger partial charge in [0.1, 0.15) is 0 Å². The van der Waals surface area contributed by atoms with Crippen LogP contribution in [0.25, 0.3) is 0 Å². The fourth-order valence-electron chi connectivity index (χ4n) is 0.481.